The summed E-state index contributed by atoms with van der Waals surface area (Å²) in [5.74, 6) is 0. The van der Waals surface area contributed by atoms with Crippen molar-refractivity contribution in [2.75, 3.05) is 7.11 Å². The number of ether oxygens (including phenoxy) is 1. The highest BCUT2D eigenvalue weighted by Gasteiger charge is 2.40. The van der Waals surface area contributed by atoms with Crippen molar-refractivity contribution >= 4 is 10.1 Å². The highest BCUT2D eigenvalue weighted by atomic mass is 32.2. The van der Waals surface area contributed by atoms with Gasteiger partial charge in [-0.1, -0.05) is 18.2 Å². The third-order valence-corrected chi connectivity index (χ3v) is 2.85. The standard InChI is InChI=1S/C7H9O4S/c1-11-7(12(8,9)10)5-3-2-4-6-7/h2-6H,1H3,(H,8,9,10). The van der Waals surface area contributed by atoms with E-state index in [9.17, 15) is 8.42 Å². The van der Waals surface area contributed by atoms with Crippen LogP contribution >= 0.6 is 0 Å². The normalized spacial score (nSPS) is 29.2. The van der Waals surface area contributed by atoms with Crippen LogP contribution < -0.4 is 0 Å². The summed E-state index contributed by atoms with van der Waals surface area (Å²) in [6.45, 7) is 0. The van der Waals surface area contributed by atoms with E-state index in [1.165, 1.54) is 31.8 Å². The van der Waals surface area contributed by atoms with Crippen LogP contribution in [0.1, 0.15) is 0 Å². The van der Waals surface area contributed by atoms with Gasteiger partial charge in [-0.3, -0.25) is 4.55 Å². The lowest BCUT2D eigenvalue weighted by atomic mass is 10.1. The molecule has 0 heterocycles. The highest BCUT2D eigenvalue weighted by molar-refractivity contribution is 7.87. The highest BCUT2D eigenvalue weighted by Crippen LogP contribution is 2.25. The monoisotopic (exact) mass is 189 g/mol. The van der Waals surface area contributed by atoms with Crippen molar-refractivity contribution in [1.29, 1.82) is 0 Å². The van der Waals surface area contributed by atoms with Gasteiger partial charge >= 0.3 is 0 Å². The van der Waals surface area contributed by atoms with Crippen molar-refractivity contribution in [3.05, 3.63) is 30.7 Å². The number of hydrogen-bond donors (Lipinski definition) is 1. The molecular formula is C7H9O4S. The van der Waals surface area contributed by atoms with Gasteiger partial charge in [0.2, 0.25) is 4.93 Å². The van der Waals surface area contributed by atoms with E-state index in [2.05, 4.69) is 0 Å². The van der Waals surface area contributed by atoms with Crippen molar-refractivity contribution in [3.63, 3.8) is 0 Å². The molecule has 0 saturated carbocycles. The van der Waals surface area contributed by atoms with Crippen LogP contribution in [0.4, 0.5) is 0 Å². The third kappa shape index (κ3) is 1.43. The average Bonchev–Trinajstić information content (AvgIpc) is 2.04. The van der Waals surface area contributed by atoms with Gasteiger partial charge < -0.3 is 4.74 Å². The molecule has 1 aliphatic rings. The van der Waals surface area contributed by atoms with Gasteiger partial charge in [0.1, 0.15) is 0 Å². The molecule has 1 atom stereocenters. The lowest BCUT2D eigenvalue weighted by molar-refractivity contribution is 0.121. The molecule has 4 nitrogen and oxygen atoms in total. The Labute approximate surface area is 71.3 Å². The van der Waals surface area contributed by atoms with Gasteiger partial charge in [0, 0.05) is 13.5 Å². The number of methoxy groups -OCH3 is 1. The van der Waals surface area contributed by atoms with E-state index in [-0.39, 0.29) is 0 Å². The molecule has 1 aliphatic carbocycles. The average molecular weight is 189 g/mol. The molecule has 0 spiro atoms. The van der Waals surface area contributed by atoms with E-state index in [0.717, 1.165) is 0 Å². The summed E-state index contributed by atoms with van der Waals surface area (Å²) in [5.41, 5.74) is 0. The molecule has 1 radical (unpaired) electrons. The lowest BCUT2D eigenvalue weighted by Gasteiger charge is -2.25. The summed E-state index contributed by atoms with van der Waals surface area (Å²) in [5, 5.41) is 0. The first-order valence-corrected chi connectivity index (χ1v) is 4.68. The number of rotatable bonds is 2. The first kappa shape index (κ1) is 9.44. The molecule has 67 valence electrons. The maximum Gasteiger partial charge on any atom is 0.299 e. The van der Waals surface area contributed by atoms with Gasteiger partial charge in [-0.05, 0) is 6.08 Å². The third-order valence-electron chi connectivity index (χ3n) is 1.60. The Bertz CT molecular complexity index is 314. The largest absolute Gasteiger partial charge is 0.356 e. The van der Waals surface area contributed by atoms with Gasteiger partial charge in [0.05, 0.1) is 0 Å². The minimum Gasteiger partial charge on any atom is -0.356 e. The first-order valence-electron chi connectivity index (χ1n) is 3.24. The minimum atomic E-state index is -4.25. The number of hydrogen-bond acceptors (Lipinski definition) is 3. The van der Waals surface area contributed by atoms with Crippen molar-refractivity contribution in [2.45, 2.75) is 4.93 Å². The predicted molar refractivity (Wildman–Crippen MR) is 43.9 cm³/mol. The Kier molecular flexibility index (Phi) is 2.36. The molecule has 0 bridgehead atoms. The van der Waals surface area contributed by atoms with E-state index >= 15 is 0 Å². The fourth-order valence-corrected chi connectivity index (χ4v) is 1.62. The maximum atomic E-state index is 10.9. The molecule has 0 aromatic rings. The smallest absolute Gasteiger partial charge is 0.299 e. The van der Waals surface area contributed by atoms with Gasteiger partial charge in [-0.2, -0.15) is 8.42 Å². The Morgan fingerprint density at radius 1 is 1.33 bits per heavy atom. The molecule has 0 aromatic heterocycles. The summed E-state index contributed by atoms with van der Waals surface area (Å²) >= 11 is 0. The summed E-state index contributed by atoms with van der Waals surface area (Å²) in [4.78, 5) is -1.71. The predicted octanol–water partition coefficient (Wildman–Crippen LogP) is 0.547. The van der Waals surface area contributed by atoms with Gasteiger partial charge in [-0.15, -0.1) is 0 Å². The van der Waals surface area contributed by atoms with Gasteiger partial charge in [-0.25, -0.2) is 0 Å². The molecule has 1 unspecified atom stereocenters. The molecule has 1 N–H and O–H groups in total. The number of allylic oxidation sites excluding steroid dienone is 2. The van der Waals surface area contributed by atoms with Crippen LogP contribution in [0.3, 0.4) is 0 Å². The van der Waals surface area contributed by atoms with E-state index in [1.807, 2.05) is 0 Å². The summed E-state index contributed by atoms with van der Waals surface area (Å²) in [6.07, 6.45) is 7.17. The van der Waals surface area contributed by atoms with Crippen LogP contribution in [0.5, 0.6) is 0 Å². The molecule has 12 heavy (non-hydrogen) atoms. The van der Waals surface area contributed by atoms with E-state index in [0.29, 0.717) is 0 Å². The summed E-state index contributed by atoms with van der Waals surface area (Å²) in [7, 11) is -3.04. The van der Waals surface area contributed by atoms with E-state index in [1.54, 1.807) is 6.08 Å². The van der Waals surface area contributed by atoms with E-state index < -0.39 is 15.1 Å². The van der Waals surface area contributed by atoms with Crippen LogP contribution in [-0.4, -0.2) is 25.0 Å². The van der Waals surface area contributed by atoms with Crippen LogP contribution in [0.15, 0.2) is 24.3 Å². The van der Waals surface area contributed by atoms with Crippen LogP contribution in [0.2, 0.25) is 0 Å². The molecule has 0 saturated heterocycles. The zero-order valence-electron chi connectivity index (χ0n) is 6.47. The fourth-order valence-electron chi connectivity index (χ4n) is 0.912. The molecule has 0 fully saturated rings. The molecule has 0 aromatic carbocycles. The SMILES string of the molecule is COC1(S(=O)(=O)O)[CH]C=CC=C1. The van der Waals surface area contributed by atoms with Gasteiger partial charge in [0.15, 0.2) is 0 Å². The van der Waals surface area contributed by atoms with Crippen LogP contribution in [0, 0.1) is 6.42 Å². The zero-order chi connectivity index (χ0) is 9.24. The van der Waals surface area contributed by atoms with E-state index in [4.69, 9.17) is 9.29 Å². The Hall–Kier alpha value is -0.650. The molecular weight excluding hydrogens is 180 g/mol. The van der Waals surface area contributed by atoms with Crippen LogP contribution in [0.25, 0.3) is 0 Å². The maximum absolute atomic E-state index is 10.9. The summed E-state index contributed by atoms with van der Waals surface area (Å²) < 4.78 is 35.2. The second kappa shape index (κ2) is 3.01. The van der Waals surface area contributed by atoms with Crippen LogP contribution in [-0.2, 0) is 14.9 Å². The quantitative estimate of drug-likeness (QED) is 0.644. The van der Waals surface area contributed by atoms with Crippen molar-refractivity contribution in [1.82, 2.24) is 0 Å². The Morgan fingerprint density at radius 2 is 2.00 bits per heavy atom. The lowest BCUT2D eigenvalue weighted by Crippen LogP contribution is -2.39. The second-order valence-corrected chi connectivity index (χ2v) is 3.90. The fraction of sp³-hybridized carbons (Fsp3) is 0.286. The van der Waals surface area contributed by atoms with Crippen molar-refractivity contribution in [3.8, 4) is 0 Å². The molecule has 0 amide bonds. The Balaban J connectivity index is 3.09. The van der Waals surface area contributed by atoms with Crippen molar-refractivity contribution in [2.24, 2.45) is 0 Å². The minimum absolute atomic E-state index is 1.22. The summed E-state index contributed by atoms with van der Waals surface area (Å²) in [6, 6.07) is 0. The molecule has 0 aliphatic heterocycles. The molecule has 1 rings (SSSR count). The molecule has 5 heteroatoms. The topological polar surface area (TPSA) is 63.6 Å². The first-order chi connectivity index (χ1) is 5.52. The Morgan fingerprint density at radius 3 is 2.25 bits per heavy atom. The zero-order valence-corrected chi connectivity index (χ0v) is 7.28. The van der Waals surface area contributed by atoms with Crippen molar-refractivity contribution < 1.29 is 17.7 Å². The second-order valence-electron chi connectivity index (χ2n) is 2.31. The van der Waals surface area contributed by atoms with Gasteiger partial charge in [0.25, 0.3) is 10.1 Å².